The maximum Gasteiger partial charge on any atom is 0.158 e. The highest BCUT2D eigenvalue weighted by atomic mass is 16.3. The van der Waals surface area contributed by atoms with Crippen molar-refractivity contribution in [3.63, 3.8) is 0 Å². The Morgan fingerprint density at radius 2 is 2.03 bits per heavy atom. The Hall–Kier alpha value is -3.52. The molecular formula is C27H25NO. The van der Waals surface area contributed by atoms with E-state index in [9.17, 15) is 0 Å². The van der Waals surface area contributed by atoms with Crippen molar-refractivity contribution in [3.05, 3.63) is 109 Å². The fraction of sp³-hybridized carbons (Fsp3) is 0.111. The van der Waals surface area contributed by atoms with Gasteiger partial charge in [0, 0.05) is 28.6 Å². The van der Waals surface area contributed by atoms with Crippen LogP contribution in [-0.2, 0) is 0 Å². The molecule has 0 spiro atoms. The summed E-state index contributed by atoms with van der Waals surface area (Å²) in [6.45, 7) is 14.4. The van der Waals surface area contributed by atoms with Crippen LogP contribution in [0.1, 0.15) is 47.4 Å². The van der Waals surface area contributed by atoms with Crippen molar-refractivity contribution in [1.29, 1.82) is 0 Å². The third-order valence-corrected chi connectivity index (χ3v) is 5.42. The van der Waals surface area contributed by atoms with Crippen LogP contribution in [0, 0.1) is 0 Å². The van der Waals surface area contributed by atoms with Crippen molar-refractivity contribution >= 4 is 34.9 Å². The molecule has 1 aliphatic rings. The Morgan fingerprint density at radius 1 is 1.17 bits per heavy atom. The van der Waals surface area contributed by atoms with Crippen LogP contribution in [0.4, 0.5) is 0 Å². The molecule has 0 saturated heterocycles. The number of benzene rings is 1. The molecule has 1 unspecified atom stereocenters. The molecule has 144 valence electrons. The highest BCUT2D eigenvalue weighted by Crippen LogP contribution is 2.38. The predicted octanol–water partition coefficient (Wildman–Crippen LogP) is 7.67. The number of nitrogens with zero attached hydrogens (tertiary/aromatic N) is 1. The second-order valence-electron chi connectivity index (χ2n) is 7.11. The van der Waals surface area contributed by atoms with E-state index < -0.39 is 0 Å². The second-order valence-corrected chi connectivity index (χ2v) is 7.11. The molecule has 0 aliphatic heterocycles. The number of aromatic nitrogens is 1. The molecule has 0 N–H and O–H groups in total. The Labute approximate surface area is 172 Å². The maximum atomic E-state index is 6.46. The van der Waals surface area contributed by atoms with Gasteiger partial charge in [-0.05, 0) is 31.1 Å². The molecule has 0 fully saturated rings. The average Bonchev–Trinajstić information content (AvgIpc) is 3.34. The summed E-state index contributed by atoms with van der Waals surface area (Å²) in [7, 11) is 0. The number of para-hydroxylation sites is 1. The van der Waals surface area contributed by atoms with E-state index in [2.05, 4.69) is 74.4 Å². The van der Waals surface area contributed by atoms with E-state index in [-0.39, 0.29) is 0 Å². The Morgan fingerprint density at radius 3 is 2.72 bits per heavy atom. The summed E-state index contributed by atoms with van der Waals surface area (Å²) in [6.07, 6.45) is 19.4. The van der Waals surface area contributed by atoms with E-state index in [1.165, 1.54) is 5.56 Å². The van der Waals surface area contributed by atoms with Gasteiger partial charge in [-0.3, -0.25) is 0 Å². The first-order valence-corrected chi connectivity index (χ1v) is 9.86. The molecule has 2 aromatic heterocycles. The Balaban J connectivity index is 1.87. The van der Waals surface area contributed by atoms with Gasteiger partial charge in [-0.1, -0.05) is 80.5 Å². The molecule has 29 heavy (non-hydrogen) atoms. The average molecular weight is 380 g/mol. The van der Waals surface area contributed by atoms with Gasteiger partial charge in [0.25, 0.3) is 0 Å². The molecule has 3 aromatic rings. The lowest BCUT2D eigenvalue weighted by molar-refractivity contribution is 0.586. The molecule has 1 aromatic carbocycles. The third kappa shape index (κ3) is 3.17. The molecule has 0 amide bonds. The zero-order valence-electron chi connectivity index (χ0n) is 16.8. The van der Waals surface area contributed by atoms with Gasteiger partial charge in [-0.15, -0.1) is 0 Å². The lowest BCUT2D eigenvalue weighted by atomic mass is 9.91. The van der Waals surface area contributed by atoms with Crippen LogP contribution in [0.2, 0.25) is 0 Å². The summed E-state index contributed by atoms with van der Waals surface area (Å²) in [6, 6.07) is 8.39. The van der Waals surface area contributed by atoms with Crippen LogP contribution < -0.4 is 0 Å². The predicted molar refractivity (Wildman–Crippen MR) is 126 cm³/mol. The molecule has 1 atom stereocenters. The molecular weight excluding hydrogens is 354 g/mol. The molecule has 4 rings (SSSR count). The smallest absolute Gasteiger partial charge is 0.158 e. The van der Waals surface area contributed by atoms with Crippen molar-refractivity contribution < 1.29 is 4.42 Å². The van der Waals surface area contributed by atoms with Gasteiger partial charge in [0.15, 0.2) is 5.76 Å². The quantitative estimate of drug-likeness (QED) is 0.430. The monoisotopic (exact) mass is 379 g/mol. The fourth-order valence-electron chi connectivity index (χ4n) is 4.02. The van der Waals surface area contributed by atoms with E-state index in [1.54, 1.807) is 0 Å². The molecule has 2 heterocycles. The summed E-state index contributed by atoms with van der Waals surface area (Å²) >= 11 is 0. The van der Waals surface area contributed by atoms with Gasteiger partial charge in [-0.2, -0.15) is 0 Å². The highest BCUT2D eigenvalue weighted by molar-refractivity contribution is 5.94. The van der Waals surface area contributed by atoms with Crippen molar-refractivity contribution in [2.24, 2.45) is 0 Å². The molecule has 0 radical (unpaired) electrons. The molecule has 2 nitrogen and oxygen atoms in total. The topological polar surface area (TPSA) is 18.1 Å². The van der Waals surface area contributed by atoms with Crippen molar-refractivity contribution in [3.8, 4) is 0 Å². The van der Waals surface area contributed by atoms with Gasteiger partial charge in [0.2, 0.25) is 0 Å². The van der Waals surface area contributed by atoms with Gasteiger partial charge < -0.3 is 8.98 Å². The van der Waals surface area contributed by atoms with Crippen LogP contribution in [0.5, 0.6) is 0 Å². The van der Waals surface area contributed by atoms with E-state index in [4.69, 9.17) is 4.42 Å². The van der Waals surface area contributed by atoms with Gasteiger partial charge in [0.1, 0.15) is 5.58 Å². The lowest BCUT2D eigenvalue weighted by Gasteiger charge is -2.13. The first-order chi connectivity index (χ1) is 14.2. The van der Waals surface area contributed by atoms with Crippen molar-refractivity contribution in [2.75, 3.05) is 0 Å². The van der Waals surface area contributed by atoms with Crippen LogP contribution in [0.25, 0.3) is 34.9 Å². The standard InChI is InChI=1S/C27H25NO/c1-5-12-21-17-18-28(25(21)7-3)19(4)26-22(6-2)24-16-11-15-23(27(24)29-26)20-13-9-8-10-14-20/h5-13,15-18,20H,2-4,14H2,1H3/b12-5-. The Bertz CT molecular complexity index is 1190. The summed E-state index contributed by atoms with van der Waals surface area (Å²) in [4.78, 5) is 0. The second kappa shape index (κ2) is 7.84. The van der Waals surface area contributed by atoms with Crippen LogP contribution in [0.3, 0.4) is 0 Å². The van der Waals surface area contributed by atoms with E-state index in [0.29, 0.717) is 5.92 Å². The van der Waals surface area contributed by atoms with Gasteiger partial charge >= 0.3 is 0 Å². The summed E-state index contributed by atoms with van der Waals surface area (Å²) in [5.74, 6) is 1.05. The number of rotatable bonds is 6. The number of hydrogen-bond acceptors (Lipinski definition) is 1. The van der Waals surface area contributed by atoms with E-state index in [0.717, 1.165) is 45.7 Å². The minimum atomic E-state index is 0.310. The summed E-state index contributed by atoms with van der Waals surface area (Å²) < 4.78 is 8.48. The minimum absolute atomic E-state index is 0.310. The number of fused-ring (bicyclic) bond motifs is 1. The zero-order chi connectivity index (χ0) is 20.4. The number of allylic oxidation sites excluding steroid dienone is 5. The van der Waals surface area contributed by atoms with Gasteiger partial charge in [0.05, 0.1) is 11.4 Å². The molecule has 1 aliphatic carbocycles. The summed E-state index contributed by atoms with van der Waals surface area (Å²) in [5, 5.41) is 1.07. The molecule has 0 saturated carbocycles. The fourth-order valence-corrected chi connectivity index (χ4v) is 4.02. The van der Waals surface area contributed by atoms with E-state index in [1.807, 2.05) is 35.9 Å². The molecule has 0 bridgehead atoms. The summed E-state index contributed by atoms with van der Waals surface area (Å²) in [5.41, 5.74) is 5.93. The molecule has 2 heteroatoms. The van der Waals surface area contributed by atoms with Crippen molar-refractivity contribution in [2.45, 2.75) is 19.3 Å². The SMILES string of the molecule is C=Cc1c(C(=C)n2ccc(/C=C\C)c2C=C)oc2c(C3C=CC=CC3)cccc12. The van der Waals surface area contributed by atoms with Crippen LogP contribution in [0.15, 0.2) is 85.0 Å². The van der Waals surface area contributed by atoms with Crippen molar-refractivity contribution in [1.82, 2.24) is 4.57 Å². The first kappa shape index (κ1) is 18.8. The lowest BCUT2D eigenvalue weighted by Crippen LogP contribution is -1.99. The number of hydrogen-bond donors (Lipinski definition) is 0. The van der Waals surface area contributed by atoms with Gasteiger partial charge in [-0.25, -0.2) is 0 Å². The minimum Gasteiger partial charge on any atom is -0.454 e. The third-order valence-electron chi connectivity index (χ3n) is 5.42. The Kier molecular flexibility index (Phi) is 5.09. The highest BCUT2D eigenvalue weighted by Gasteiger charge is 2.21. The zero-order valence-corrected chi connectivity index (χ0v) is 16.8. The largest absolute Gasteiger partial charge is 0.454 e. The maximum absolute atomic E-state index is 6.46. The number of furan rings is 1. The van der Waals surface area contributed by atoms with Crippen LogP contribution >= 0.6 is 0 Å². The normalized spacial score (nSPS) is 16.0. The first-order valence-electron chi connectivity index (χ1n) is 9.86. The van der Waals surface area contributed by atoms with Crippen LogP contribution in [-0.4, -0.2) is 4.57 Å². The van der Waals surface area contributed by atoms with E-state index >= 15 is 0 Å².